The van der Waals surface area contributed by atoms with Gasteiger partial charge in [-0.3, -0.25) is 0 Å². The standard InChI is InChI=1S/C18H30O3/c1-3-5-7-9-15-17(20-15)11-13-19-14-12-18-16(21-18)10-8-6-4-2/h3-4,15-18H,1-2,5-14H2. The lowest BCUT2D eigenvalue weighted by molar-refractivity contribution is 0.118. The van der Waals surface area contributed by atoms with Crippen LogP contribution in [0.2, 0.25) is 0 Å². The summed E-state index contributed by atoms with van der Waals surface area (Å²) >= 11 is 0. The highest BCUT2D eigenvalue weighted by molar-refractivity contribution is 4.86. The van der Waals surface area contributed by atoms with Crippen molar-refractivity contribution in [2.75, 3.05) is 13.2 Å². The zero-order valence-corrected chi connectivity index (χ0v) is 13.2. The molecule has 0 spiro atoms. The maximum absolute atomic E-state index is 5.69. The summed E-state index contributed by atoms with van der Waals surface area (Å²) in [6, 6.07) is 0. The molecule has 0 aromatic heterocycles. The SMILES string of the molecule is C=CCCCC1OC1CCOCCC1OC1CCCC=C. The van der Waals surface area contributed by atoms with Gasteiger partial charge in [0.1, 0.15) is 0 Å². The first-order chi connectivity index (χ1) is 10.3. The van der Waals surface area contributed by atoms with Crippen molar-refractivity contribution in [3.05, 3.63) is 25.3 Å². The van der Waals surface area contributed by atoms with Gasteiger partial charge in [-0.25, -0.2) is 0 Å². The molecule has 2 aliphatic rings. The first-order valence-electron chi connectivity index (χ1n) is 8.45. The normalized spacial score (nSPS) is 30.1. The number of hydrogen-bond donors (Lipinski definition) is 0. The van der Waals surface area contributed by atoms with Gasteiger partial charge in [-0.1, -0.05) is 12.2 Å². The Hall–Kier alpha value is -0.640. The van der Waals surface area contributed by atoms with E-state index in [1.807, 2.05) is 12.2 Å². The van der Waals surface area contributed by atoms with Crippen LogP contribution >= 0.6 is 0 Å². The molecule has 2 aliphatic heterocycles. The fraction of sp³-hybridized carbons (Fsp3) is 0.778. The molecule has 0 aromatic carbocycles. The maximum atomic E-state index is 5.69. The molecule has 0 bridgehead atoms. The zero-order valence-electron chi connectivity index (χ0n) is 13.2. The van der Waals surface area contributed by atoms with E-state index in [9.17, 15) is 0 Å². The molecule has 2 saturated heterocycles. The minimum atomic E-state index is 0.443. The molecular formula is C18H30O3. The number of ether oxygens (including phenoxy) is 3. The van der Waals surface area contributed by atoms with Crippen LogP contribution in [0.1, 0.15) is 51.4 Å². The highest BCUT2D eigenvalue weighted by Gasteiger charge is 2.38. The Labute approximate surface area is 129 Å². The topological polar surface area (TPSA) is 34.3 Å². The van der Waals surface area contributed by atoms with Gasteiger partial charge in [0.15, 0.2) is 0 Å². The predicted molar refractivity (Wildman–Crippen MR) is 85.5 cm³/mol. The van der Waals surface area contributed by atoms with Crippen LogP contribution in [0, 0.1) is 0 Å². The smallest absolute Gasteiger partial charge is 0.0863 e. The van der Waals surface area contributed by atoms with Crippen LogP contribution in [-0.4, -0.2) is 37.6 Å². The molecule has 120 valence electrons. The molecule has 4 atom stereocenters. The second-order valence-corrected chi connectivity index (χ2v) is 6.05. The van der Waals surface area contributed by atoms with Crippen LogP contribution in [0.25, 0.3) is 0 Å². The second-order valence-electron chi connectivity index (χ2n) is 6.05. The third-order valence-electron chi connectivity index (χ3n) is 4.26. The fourth-order valence-electron chi connectivity index (χ4n) is 2.80. The van der Waals surface area contributed by atoms with Crippen molar-refractivity contribution in [1.82, 2.24) is 0 Å². The summed E-state index contributed by atoms with van der Waals surface area (Å²) in [4.78, 5) is 0. The van der Waals surface area contributed by atoms with E-state index >= 15 is 0 Å². The minimum Gasteiger partial charge on any atom is -0.381 e. The van der Waals surface area contributed by atoms with Crippen LogP contribution in [0.5, 0.6) is 0 Å². The number of rotatable bonds is 14. The summed E-state index contributed by atoms with van der Waals surface area (Å²) in [5.74, 6) is 0. The Balaban J connectivity index is 1.34. The average Bonchev–Trinajstić information content (AvgIpc) is 3.38. The lowest BCUT2D eigenvalue weighted by Gasteiger charge is -2.01. The molecule has 3 heteroatoms. The van der Waals surface area contributed by atoms with Crippen LogP contribution < -0.4 is 0 Å². The summed E-state index contributed by atoms with van der Waals surface area (Å²) in [6.07, 6.45) is 14.8. The van der Waals surface area contributed by atoms with E-state index in [0.717, 1.165) is 38.9 Å². The van der Waals surface area contributed by atoms with Crippen LogP contribution in [-0.2, 0) is 14.2 Å². The van der Waals surface area contributed by atoms with E-state index in [0.29, 0.717) is 24.4 Å². The Bertz CT molecular complexity index is 286. The maximum Gasteiger partial charge on any atom is 0.0863 e. The Morgan fingerprint density at radius 1 is 0.714 bits per heavy atom. The molecule has 3 nitrogen and oxygen atoms in total. The van der Waals surface area contributed by atoms with Crippen molar-refractivity contribution in [2.24, 2.45) is 0 Å². The van der Waals surface area contributed by atoms with E-state index in [1.165, 1.54) is 25.7 Å². The quantitative estimate of drug-likeness (QED) is 0.275. The highest BCUT2D eigenvalue weighted by atomic mass is 16.6. The molecule has 0 aromatic rings. The zero-order chi connectivity index (χ0) is 14.9. The summed E-state index contributed by atoms with van der Waals surface area (Å²) in [5, 5.41) is 0. The predicted octanol–water partition coefficient (Wildman–Crippen LogP) is 4.03. The third-order valence-corrected chi connectivity index (χ3v) is 4.26. The van der Waals surface area contributed by atoms with Gasteiger partial charge in [0.05, 0.1) is 24.4 Å². The average molecular weight is 294 g/mol. The van der Waals surface area contributed by atoms with Gasteiger partial charge in [-0.05, 0) is 51.4 Å². The van der Waals surface area contributed by atoms with Crippen molar-refractivity contribution in [2.45, 2.75) is 75.8 Å². The van der Waals surface area contributed by atoms with Gasteiger partial charge in [-0.2, -0.15) is 0 Å². The molecule has 2 fully saturated rings. The van der Waals surface area contributed by atoms with Gasteiger partial charge in [0.2, 0.25) is 0 Å². The minimum absolute atomic E-state index is 0.443. The summed E-state index contributed by atoms with van der Waals surface area (Å²) in [6.45, 7) is 9.11. The molecule has 2 heterocycles. The molecule has 0 amide bonds. The summed E-state index contributed by atoms with van der Waals surface area (Å²) in [7, 11) is 0. The van der Waals surface area contributed by atoms with E-state index in [4.69, 9.17) is 14.2 Å². The number of epoxide rings is 2. The van der Waals surface area contributed by atoms with Crippen LogP contribution in [0.3, 0.4) is 0 Å². The van der Waals surface area contributed by atoms with E-state index < -0.39 is 0 Å². The van der Waals surface area contributed by atoms with Crippen LogP contribution in [0.15, 0.2) is 25.3 Å². The molecule has 0 N–H and O–H groups in total. The van der Waals surface area contributed by atoms with Crippen molar-refractivity contribution in [3.8, 4) is 0 Å². The van der Waals surface area contributed by atoms with Gasteiger partial charge in [0.25, 0.3) is 0 Å². The number of hydrogen-bond acceptors (Lipinski definition) is 3. The third kappa shape index (κ3) is 6.77. The highest BCUT2D eigenvalue weighted by Crippen LogP contribution is 2.31. The van der Waals surface area contributed by atoms with E-state index in [1.54, 1.807) is 0 Å². The largest absolute Gasteiger partial charge is 0.381 e. The molecule has 4 unspecified atom stereocenters. The lowest BCUT2D eigenvalue weighted by Crippen LogP contribution is -2.05. The van der Waals surface area contributed by atoms with Gasteiger partial charge in [-0.15, -0.1) is 13.2 Å². The molecule has 2 rings (SSSR count). The van der Waals surface area contributed by atoms with E-state index in [-0.39, 0.29) is 0 Å². The van der Waals surface area contributed by atoms with E-state index in [2.05, 4.69) is 13.2 Å². The van der Waals surface area contributed by atoms with Gasteiger partial charge >= 0.3 is 0 Å². The molecule has 0 aliphatic carbocycles. The first kappa shape index (κ1) is 16.7. The van der Waals surface area contributed by atoms with Crippen molar-refractivity contribution in [1.29, 1.82) is 0 Å². The second kappa shape index (κ2) is 9.39. The number of allylic oxidation sites excluding steroid dienone is 2. The molecular weight excluding hydrogens is 264 g/mol. The Morgan fingerprint density at radius 2 is 1.14 bits per heavy atom. The lowest BCUT2D eigenvalue weighted by atomic mass is 10.1. The van der Waals surface area contributed by atoms with Crippen molar-refractivity contribution >= 4 is 0 Å². The number of unbranched alkanes of at least 4 members (excludes halogenated alkanes) is 2. The van der Waals surface area contributed by atoms with Crippen molar-refractivity contribution < 1.29 is 14.2 Å². The Kier molecular flexibility index (Phi) is 7.48. The molecule has 0 radical (unpaired) electrons. The van der Waals surface area contributed by atoms with Gasteiger partial charge < -0.3 is 14.2 Å². The Morgan fingerprint density at radius 3 is 1.57 bits per heavy atom. The van der Waals surface area contributed by atoms with Crippen molar-refractivity contribution in [3.63, 3.8) is 0 Å². The van der Waals surface area contributed by atoms with Crippen LogP contribution in [0.4, 0.5) is 0 Å². The summed E-state index contributed by atoms with van der Waals surface area (Å²) < 4.78 is 16.9. The first-order valence-corrected chi connectivity index (χ1v) is 8.45. The summed E-state index contributed by atoms with van der Waals surface area (Å²) in [5.41, 5.74) is 0. The monoisotopic (exact) mass is 294 g/mol. The molecule has 21 heavy (non-hydrogen) atoms. The molecule has 0 saturated carbocycles. The fourth-order valence-corrected chi connectivity index (χ4v) is 2.80. The van der Waals surface area contributed by atoms with Gasteiger partial charge in [0, 0.05) is 13.2 Å².